The third-order valence-corrected chi connectivity index (χ3v) is 2.31. The Morgan fingerprint density at radius 2 is 1.79 bits per heavy atom. The third-order valence-electron chi connectivity index (χ3n) is 2.31. The van der Waals surface area contributed by atoms with Gasteiger partial charge in [0, 0.05) is 12.1 Å². The molecule has 7 nitrogen and oxygen atoms in total. The highest BCUT2D eigenvalue weighted by molar-refractivity contribution is 5.98. The van der Waals surface area contributed by atoms with E-state index >= 15 is 0 Å². The van der Waals surface area contributed by atoms with E-state index in [0.717, 1.165) is 0 Å². The molecule has 0 aliphatic carbocycles. The molecular weight excluding hydrogens is 252 g/mol. The summed E-state index contributed by atoms with van der Waals surface area (Å²) in [4.78, 5) is 33.3. The number of anilines is 1. The quantitative estimate of drug-likeness (QED) is 0.392. The number of carbonyl (C=O) groups excluding carboxylic acids is 2. The molecular formula is C12H14N2O5. The first kappa shape index (κ1) is 14.7. The van der Waals surface area contributed by atoms with Gasteiger partial charge in [0.15, 0.2) is 0 Å². The molecule has 1 rings (SSSR count). The first-order chi connectivity index (χ1) is 8.90. The van der Waals surface area contributed by atoms with Crippen molar-refractivity contribution >= 4 is 23.6 Å². The van der Waals surface area contributed by atoms with E-state index < -0.39 is 23.9 Å². The monoisotopic (exact) mass is 266 g/mol. The summed E-state index contributed by atoms with van der Waals surface area (Å²) in [6.07, 6.45) is -0.366. The van der Waals surface area contributed by atoms with E-state index in [-0.39, 0.29) is 18.4 Å². The van der Waals surface area contributed by atoms with Gasteiger partial charge in [-0.25, -0.2) is 9.59 Å². The van der Waals surface area contributed by atoms with E-state index in [0.29, 0.717) is 5.69 Å². The van der Waals surface area contributed by atoms with Crippen LogP contribution in [-0.2, 0) is 14.3 Å². The zero-order valence-electron chi connectivity index (χ0n) is 10.0. The summed E-state index contributed by atoms with van der Waals surface area (Å²) in [7, 11) is 0. The Morgan fingerprint density at radius 3 is 2.32 bits per heavy atom. The fourth-order valence-corrected chi connectivity index (χ4v) is 1.24. The summed E-state index contributed by atoms with van der Waals surface area (Å²) in [5.74, 6) is -2.88. The topological polar surface area (TPSA) is 133 Å². The van der Waals surface area contributed by atoms with Crippen molar-refractivity contribution in [2.75, 3.05) is 5.73 Å². The van der Waals surface area contributed by atoms with Crippen molar-refractivity contribution < 1.29 is 24.2 Å². The SMILES string of the molecule is Nc1ccc(C(=O)OC(=O)[C@@H](N)CCC(=O)O)cc1. The second-order valence-corrected chi connectivity index (χ2v) is 3.87. The number of nitrogens with two attached hydrogens (primary N) is 2. The van der Waals surface area contributed by atoms with Gasteiger partial charge in [0.05, 0.1) is 5.56 Å². The second-order valence-electron chi connectivity index (χ2n) is 3.87. The van der Waals surface area contributed by atoms with Gasteiger partial charge in [-0.2, -0.15) is 0 Å². The van der Waals surface area contributed by atoms with Crippen molar-refractivity contribution in [2.45, 2.75) is 18.9 Å². The largest absolute Gasteiger partial charge is 0.481 e. The normalized spacial score (nSPS) is 11.6. The molecule has 0 aliphatic rings. The summed E-state index contributed by atoms with van der Waals surface area (Å²) >= 11 is 0. The molecule has 0 spiro atoms. The smallest absolute Gasteiger partial charge is 0.345 e. The lowest BCUT2D eigenvalue weighted by Gasteiger charge is -2.09. The summed E-state index contributed by atoms with van der Waals surface area (Å²) in [5.41, 5.74) is 11.5. The Morgan fingerprint density at radius 1 is 1.21 bits per heavy atom. The fourth-order valence-electron chi connectivity index (χ4n) is 1.24. The van der Waals surface area contributed by atoms with E-state index in [1.807, 2.05) is 0 Å². The fraction of sp³-hybridized carbons (Fsp3) is 0.250. The highest BCUT2D eigenvalue weighted by Gasteiger charge is 2.20. The van der Waals surface area contributed by atoms with Crippen molar-refractivity contribution in [2.24, 2.45) is 5.73 Å². The first-order valence-corrected chi connectivity index (χ1v) is 5.49. The van der Waals surface area contributed by atoms with Crippen LogP contribution < -0.4 is 11.5 Å². The maximum atomic E-state index is 11.6. The van der Waals surface area contributed by atoms with Crippen LogP contribution in [0.5, 0.6) is 0 Å². The molecule has 1 aromatic carbocycles. The number of hydrogen-bond donors (Lipinski definition) is 3. The van der Waals surface area contributed by atoms with Crippen LogP contribution in [0.15, 0.2) is 24.3 Å². The second kappa shape index (κ2) is 6.50. The van der Waals surface area contributed by atoms with Gasteiger partial charge < -0.3 is 21.3 Å². The highest BCUT2D eigenvalue weighted by atomic mass is 16.6. The van der Waals surface area contributed by atoms with Gasteiger partial charge in [0.2, 0.25) is 0 Å². The summed E-state index contributed by atoms with van der Waals surface area (Å²) < 4.78 is 4.53. The lowest BCUT2D eigenvalue weighted by molar-refractivity contribution is -0.140. The summed E-state index contributed by atoms with van der Waals surface area (Å²) in [6.45, 7) is 0. The molecule has 7 heteroatoms. The molecule has 0 saturated heterocycles. The predicted octanol–water partition coefficient (Wildman–Crippen LogP) is 0.144. The molecule has 102 valence electrons. The van der Waals surface area contributed by atoms with Crippen LogP contribution >= 0.6 is 0 Å². The number of carboxylic acid groups (broad SMARTS) is 1. The van der Waals surface area contributed by atoms with Crippen LogP contribution in [0, 0.1) is 0 Å². The maximum absolute atomic E-state index is 11.6. The number of ether oxygens (including phenoxy) is 1. The van der Waals surface area contributed by atoms with Crippen LogP contribution in [0.25, 0.3) is 0 Å². The number of rotatable bonds is 5. The van der Waals surface area contributed by atoms with Gasteiger partial charge in [0.25, 0.3) is 0 Å². The zero-order valence-corrected chi connectivity index (χ0v) is 10.0. The molecule has 1 atom stereocenters. The minimum Gasteiger partial charge on any atom is -0.481 e. The van der Waals surface area contributed by atoms with Crippen LogP contribution in [0.3, 0.4) is 0 Å². The van der Waals surface area contributed by atoms with Crippen molar-refractivity contribution in [3.05, 3.63) is 29.8 Å². The van der Waals surface area contributed by atoms with Gasteiger partial charge in [-0.05, 0) is 30.7 Å². The number of nitrogen functional groups attached to an aromatic ring is 1. The summed E-state index contributed by atoms with van der Waals surface area (Å²) in [5, 5.41) is 8.44. The molecule has 0 saturated carbocycles. The summed E-state index contributed by atoms with van der Waals surface area (Å²) in [6, 6.07) is 4.66. The molecule has 0 aliphatic heterocycles. The number of aliphatic carboxylic acids is 1. The van der Waals surface area contributed by atoms with E-state index in [1.54, 1.807) is 0 Å². The van der Waals surface area contributed by atoms with E-state index in [4.69, 9.17) is 16.6 Å². The number of hydrogen-bond acceptors (Lipinski definition) is 6. The lowest BCUT2D eigenvalue weighted by atomic mass is 10.1. The van der Waals surface area contributed by atoms with Crippen molar-refractivity contribution in [3.63, 3.8) is 0 Å². The van der Waals surface area contributed by atoms with E-state index in [9.17, 15) is 14.4 Å². The molecule has 0 fully saturated rings. The Balaban J connectivity index is 2.54. The van der Waals surface area contributed by atoms with Gasteiger partial charge in [-0.15, -0.1) is 0 Å². The van der Waals surface area contributed by atoms with Gasteiger partial charge >= 0.3 is 17.9 Å². The molecule has 0 heterocycles. The number of esters is 2. The third kappa shape index (κ3) is 4.76. The van der Waals surface area contributed by atoms with Gasteiger partial charge in [-0.1, -0.05) is 0 Å². The predicted molar refractivity (Wildman–Crippen MR) is 66.1 cm³/mol. The van der Waals surface area contributed by atoms with Crippen LogP contribution in [0.2, 0.25) is 0 Å². The lowest BCUT2D eigenvalue weighted by Crippen LogP contribution is -2.34. The Kier molecular flexibility index (Phi) is 5.01. The van der Waals surface area contributed by atoms with Gasteiger partial charge in [0.1, 0.15) is 6.04 Å². The van der Waals surface area contributed by atoms with Gasteiger partial charge in [-0.3, -0.25) is 4.79 Å². The highest BCUT2D eigenvalue weighted by Crippen LogP contribution is 2.08. The minimum absolute atomic E-state index is 0.0941. The van der Waals surface area contributed by atoms with E-state index in [2.05, 4.69) is 4.74 Å². The molecule has 5 N–H and O–H groups in total. The minimum atomic E-state index is -1.14. The maximum Gasteiger partial charge on any atom is 0.345 e. The average molecular weight is 266 g/mol. The Bertz CT molecular complexity index is 483. The molecule has 0 radical (unpaired) electrons. The van der Waals surface area contributed by atoms with Crippen LogP contribution in [-0.4, -0.2) is 29.1 Å². The number of carboxylic acids is 1. The average Bonchev–Trinajstić information content (AvgIpc) is 2.36. The zero-order chi connectivity index (χ0) is 14.4. The van der Waals surface area contributed by atoms with E-state index in [1.165, 1.54) is 24.3 Å². The van der Waals surface area contributed by atoms with Crippen LogP contribution in [0.1, 0.15) is 23.2 Å². The molecule has 19 heavy (non-hydrogen) atoms. The molecule has 1 aromatic rings. The standard InChI is InChI=1S/C12H14N2O5/c13-8-3-1-7(2-4-8)11(17)19-12(18)9(14)5-6-10(15)16/h1-4,9H,5-6,13-14H2,(H,15,16)/t9-/m0/s1. The first-order valence-electron chi connectivity index (χ1n) is 5.49. The Labute approximate surface area is 109 Å². The molecule has 0 amide bonds. The Hall–Kier alpha value is -2.41. The molecule has 0 aromatic heterocycles. The number of benzene rings is 1. The number of carbonyl (C=O) groups is 3. The molecule has 0 unspecified atom stereocenters. The van der Waals surface area contributed by atoms with Crippen molar-refractivity contribution in [1.29, 1.82) is 0 Å². The van der Waals surface area contributed by atoms with Crippen molar-refractivity contribution in [3.8, 4) is 0 Å². The molecule has 0 bridgehead atoms. The van der Waals surface area contributed by atoms with Crippen LogP contribution in [0.4, 0.5) is 5.69 Å². The van der Waals surface area contributed by atoms with Crippen molar-refractivity contribution in [1.82, 2.24) is 0 Å².